The fourth-order valence-electron chi connectivity index (χ4n) is 2.64. The van der Waals surface area contributed by atoms with Gasteiger partial charge in [0.15, 0.2) is 0 Å². The average molecular weight is 262 g/mol. The molecule has 1 fully saturated rings. The van der Waals surface area contributed by atoms with Crippen molar-refractivity contribution < 1.29 is 4.74 Å². The summed E-state index contributed by atoms with van der Waals surface area (Å²) in [7, 11) is 0. The van der Waals surface area contributed by atoms with Gasteiger partial charge in [-0.15, -0.1) is 0 Å². The Balaban J connectivity index is 1.59. The van der Waals surface area contributed by atoms with Crippen LogP contribution in [0.3, 0.4) is 0 Å². The lowest BCUT2D eigenvalue weighted by Gasteiger charge is -2.23. The number of rotatable bonds is 7. The Morgan fingerprint density at radius 1 is 1.37 bits per heavy atom. The molecule has 2 rings (SSSR count). The van der Waals surface area contributed by atoms with Gasteiger partial charge in [-0.3, -0.25) is 0 Å². The lowest BCUT2D eigenvalue weighted by molar-refractivity contribution is 0.0210. The van der Waals surface area contributed by atoms with Crippen LogP contribution in [0.4, 0.5) is 0 Å². The molecule has 0 aliphatic carbocycles. The largest absolute Gasteiger partial charge is 0.374 e. The van der Waals surface area contributed by atoms with Gasteiger partial charge >= 0.3 is 0 Å². The Morgan fingerprint density at radius 3 is 2.84 bits per heavy atom. The van der Waals surface area contributed by atoms with E-state index in [9.17, 15) is 0 Å². The van der Waals surface area contributed by atoms with E-state index in [1.807, 2.05) is 18.2 Å². The number of nitrogens with two attached hydrogens (primary N) is 1. The van der Waals surface area contributed by atoms with Gasteiger partial charge in [0.05, 0.1) is 5.60 Å². The van der Waals surface area contributed by atoms with Gasteiger partial charge in [0.25, 0.3) is 0 Å². The van der Waals surface area contributed by atoms with Crippen LogP contribution in [0.2, 0.25) is 0 Å². The van der Waals surface area contributed by atoms with Gasteiger partial charge in [-0.05, 0) is 44.7 Å². The molecule has 3 N–H and O–H groups in total. The van der Waals surface area contributed by atoms with Crippen molar-refractivity contribution in [1.29, 1.82) is 0 Å². The van der Waals surface area contributed by atoms with Crippen molar-refractivity contribution in [3.05, 3.63) is 35.9 Å². The van der Waals surface area contributed by atoms with Crippen LogP contribution < -0.4 is 11.1 Å². The standard InChI is InChI=1S/C16H26N2O/c1-16(10-6-12-19-16)13-18-11-5-9-15(17)14-7-3-2-4-8-14/h2-4,7-8,15,18H,5-6,9-13,17H2,1H3. The average Bonchev–Trinajstić information content (AvgIpc) is 2.86. The Morgan fingerprint density at radius 2 is 2.16 bits per heavy atom. The van der Waals surface area contributed by atoms with Crippen molar-refractivity contribution >= 4 is 0 Å². The molecule has 0 aromatic heterocycles. The molecule has 2 unspecified atom stereocenters. The zero-order chi connectivity index (χ0) is 13.6. The lowest BCUT2D eigenvalue weighted by atomic mass is 10.0. The van der Waals surface area contributed by atoms with Gasteiger partial charge in [0.2, 0.25) is 0 Å². The Labute approximate surface area is 116 Å². The van der Waals surface area contributed by atoms with Gasteiger partial charge in [-0.25, -0.2) is 0 Å². The molecule has 1 saturated heterocycles. The van der Waals surface area contributed by atoms with Gasteiger partial charge < -0.3 is 15.8 Å². The van der Waals surface area contributed by atoms with Crippen molar-refractivity contribution in [2.24, 2.45) is 5.73 Å². The van der Waals surface area contributed by atoms with E-state index in [2.05, 4.69) is 24.4 Å². The minimum atomic E-state index is 0.0571. The van der Waals surface area contributed by atoms with Crippen LogP contribution in [-0.2, 0) is 4.74 Å². The van der Waals surface area contributed by atoms with Crippen molar-refractivity contribution in [1.82, 2.24) is 5.32 Å². The second kappa shape index (κ2) is 7.04. The second-order valence-electron chi connectivity index (χ2n) is 5.74. The summed E-state index contributed by atoms with van der Waals surface area (Å²) in [6.07, 6.45) is 4.49. The molecule has 106 valence electrons. The highest BCUT2D eigenvalue weighted by Gasteiger charge is 2.28. The van der Waals surface area contributed by atoms with Crippen molar-refractivity contribution in [3.63, 3.8) is 0 Å². The second-order valence-corrected chi connectivity index (χ2v) is 5.74. The van der Waals surface area contributed by atoms with E-state index in [-0.39, 0.29) is 11.6 Å². The number of ether oxygens (including phenoxy) is 1. The quantitative estimate of drug-likeness (QED) is 0.743. The summed E-state index contributed by atoms with van der Waals surface area (Å²) in [6.45, 7) is 5.08. The molecule has 1 heterocycles. The molecule has 2 atom stereocenters. The summed E-state index contributed by atoms with van der Waals surface area (Å²) in [5.74, 6) is 0. The van der Waals surface area contributed by atoms with E-state index >= 15 is 0 Å². The van der Waals surface area contributed by atoms with E-state index in [4.69, 9.17) is 10.5 Å². The van der Waals surface area contributed by atoms with E-state index in [1.165, 1.54) is 18.4 Å². The van der Waals surface area contributed by atoms with Crippen LogP contribution in [0.15, 0.2) is 30.3 Å². The van der Waals surface area contributed by atoms with Crippen molar-refractivity contribution in [3.8, 4) is 0 Å². The maximum absolute atomic E-state index is 6.17. The van der Waals surface area contributed by atoms with Crippen LogP contribution in [-0.4, -0.2) is 25.3 Å². The summed E-state index contributed by atoms with van der Waals surface area (Å²) in [4.78, 5) is 0. The zero-order valence-electron chi connectivity index (χ0n) is 11.9. The molecule has 3 heteroatoms. The summed E-state index contributed by atoms with van der Waals surface area (Å²) < 4.78 is 5.75. The minimum Gasteiger partial charge on any atom is -0.374 e. The van der Waals surface area contributed by atoms with E-state index < -0.39 is 0 Å². The molecule has 1 aliphatic rings. The third-order valence-electron chi connectivity index (χ3n) is 3.90. The monoisotopic (exact) mass is 262 g/mol. The van der Waals surface area contributed by atoms with Gasteiger partial charge in [-0.1, -0.05) is 30.3 Å². The van der Waals surface area contributed by atoms with Crippen LogP contribution in [0.25, 0.3) is 0 Å². The molecule has 0 saturated carbocycles. The highest BCUT2D eigenvalue weighted by atomic mass is 16.5. The van der Waals surface area contributed by atoms with Crippen molar-refractivity contribution in [2.45, 2.75) is 44.2 Å². The van der Waals surface area contributed by atoms with Gasteiger partial charge in [0, 0.05) is 19.2 Å². The van der Waals surface area contributed by atoms with E-state index in [0.29, 0.717) is 0 Å². The summed E-state index contributed by atoms with van der Waals surface area (Å²) in [5.41, 5.74) is 7.46. The molecule has 0 radical (unpaired) electrons. The van der Waals surface area contributed by atoms with Gasteiger partial charge in [-0.2, -0.15) is 0 Å². The number of benzene rings is 1. The zero-order valence-corrected chi connectivity index (χ0v) is 11.9. The third kappa shape index (κ3) is 4.60. The highest BCUT2D eigenvalue weighted by molar-refractivity contribution is 5.18. The summed E-state index contributed by atoms with van der Waals surface area (Å²) in [6, 6.07) is 10.5. The lowest BCUT2D eigenvalue weighted by Crippen LogP contribution is -2.37. The fraction of sp³-hybridized carbons (Fsp3) is 0.625. The first-order valence-corrected chi connectivity index (χ1v) is 7.35. The molecule has 1 aromatic rings. The normalized spacial score (nSPS) is 24.5. The molecular weight excluding hydrogens is 236 g/mol. The predicted molar refractivity (Wildman–Crippen MR) is 79.1 cm³/mol. The molecule has 19 heavy (non-hydrogen) atoms. The minimum absolute atomic E-state index is 0.0571. The number of hydrogen-bond donors (Lipinski definition) is 2. The Bertz CT molecular complexity index is 360. The SMILES string of the molecule is CC1(CNCCCC(N)c2ccccc2)CCCO1. The smallest absolute Gasteiger partial charge is 0.0779 e. The van der Waals surface area contributed by atoms with E-state index in [0.717, 1.165) is 32.5 Å². The van der Waals surface area contributed by atoms with Crippen LogP contribution in [0, 0.1) is 0 Å². The van der Waals surface area contributed by atoms with Crippen LogP contribution >= 0.6 is 0 Å². The first kappa shape index (κ1) is 14.5. The Hall–Kier alpha value is -0.900. The third-order valence-corrected chi connectivity index (χ3v) is 3.90. The molecule has 1 aliphatic heterocycles. The number of nitrogens with one attached hydrogen (secondary N) is 1. The van der Waals surface area contributed by atoms with Crippen molar-refractivity contribution in [2.75, 3.05) is 19.7 Å². The molecule has 0 spiro atoms. The fourth-order valence-corrected chi connectivity index (χ4v) is 2.64. The Kier molecular flexibility index (Phi) is 5.37. The summed E-state index contributed by atoms with van der Waals surface area (Å²) in [5, 5.41) is 3.49. The van der Waals surface area contributed by atoms with Crippen LogP contribution in [0.5, 0.6) is 0 Å². The number of hydrogen-bond acceptors (Lipinski definition) is 3. The maximum atomic E-state index is 6.17. The topological polar surface area (TPSA) is 47.3 Å². The summed E-state index contributed by atoms with van der Waals surface area (Å²) >= 11 is 0. The first-order valence-electron chi connectivity index (χ1n) is 7.35. The van der Waals surface area contributed by atoms with Gasteiger partial charge in [0.1, 0.15) is 0 Å². The van der Waals surface area contributed by atoms with E-state index in [1.54, 1.807) is 0 Å². The first-order chi connectivity index (χ1) is 9.20. The molecule has 0 amide bonds. The predicted octanol–water partition coefficient (Wildman–Crippen LogP) is 2.63. The molecule has 3 nitrogen and oxygen atoms in total. The van der Waals surface area contributed by atoms with Crippen LogP contribution in [0.1, 0.15) is 44.2 Å². The molecular formula is C16H26N2O. The maximum Gasteiger partial charge on any atom is 0.0779 e. The molecule has 0 bridgehead atoms. The molecule has 1 aromatic carbocycles. The highest BCUT2D eigenvalue weighted by Crippen LogP contribution is 2.23.